The monoisotopic (exact) mass is 463 g/mol. The minimum absolute atomic E-state index is 0.0700. The molecule has 1 aromatic carbocycles. The van der Waals surface area contributed by atoms with Gasteiger partial charge in [-0.3, -0.25) is 14.6 Å². The third kappa shape index (κ3) is 3.63. The summed E-state index contributed by atoms with van der Waals surface area (Å²) in [5.41, 5.74) is -0.398. The largest absolute Gasteiger partial charge is 0.480 e. The lowest BCUT2D eigenvalue weighted by atomic mass is 9.38. The van der Waals surface area contributed by atoms with Crippen molar-refractivity contribution >= 4 is 23.3 Å². The van der Waals surface area contributed by atoms with Crippen molar-refractivity contribution in [2.24, 2.45) is 5.41 Å². The van der Waals surface area contributed by atoms with Crippen molar-refractivity contribution in [1.82, 2.24) is 15.3 Å². The average Bonchev–Trinajstić information content (AvgIpc) is 2.71. The van der Waals surface area contributed by atoms with Gasteiger partial charge in [0.15, 0.2) is 11.9 Å². The number of halogens is 3. The minimum Gasteiger partial charge on any atom is -0.480 e. The Bertz CT molecular complexity index is 1080. The van der Waals surface area contributed by atoms with Crippen LogP contribution in [0, 0.1) is 5.41 Å². The van der Waals surface area contributed by atoms with E-state index < -0.39 is 24.3 Å². The van der Waals surface area contributed by atoms with Crippen LogP contribution in [-0.4, -0.2) is 38.4 Å². The van der Waals surface area contributed by atoms with Crippen LogP contribution in [0.2, 0.25) is 5.02 Å². The van der Waals surface area contributed by atoms with Crippen molar-refractivity contribution in [1.29, 1.82) is 0 Å². The van der Waals surface area contributed by atoms with E-state index in [1.807, 2.05) is 0 Å². The van der Waals surface area contributed by atoms with E-state index >= 15 is 0 Å². The summed E-state index contributed by atoms with van der Waals surface area (Å²) in [6.07, 6.45) is -0.0444. The van der Waals surface area contributed by atoms with Crippen molar-refractivity contribution in [3.8, 4) is 5.75 Å². The van der Waals surface area contributed by atoms with Crippen LogP contribution in [0.5, 0.6) is 5.75 Å². The number of aliphatic hydroxyl groups excluding tert-OH is 1. The summed E-state index contributed by atoms with van der Waals surface area (Å²) in [5.74, 6) is -0.100. The third-order valence-electron chi connectivity index (χ3n) is 6.57. The molecule has 2 bridgehead atoms. The summed E-state index contributed by atoms with van der Waals surface area (Å²) >= 11 is 5.96. The molecule has 4 aliphatic rings. The van der Waals surface area contributed by atoms with Gasteiger partial charge in [0.1, 0.15) is 17.1 Å². The number of aliphatic hydroxyl groups is 1. The molecule has 1 amide bonds. The van der Waals surface area contributed by atoms with Crippen molar-refractivity contribution in [3.05, 3.63) is 52.6 Å². The SMILES string of the molecule is O=C(CC12CC(NC(=O)C3CC(O)c4cc(Cl)ccc4O3)(C1)C2)c1cnc(C(F)F)cn1. The van der Waals surface area contributed by atoms with Gasteiger partial charge in [-0.15, -0.1) is 0 Å². The van der Waals surface area contributed by atoms with Gasteiger partial charge in [0, 0.05) is 29.0 Å². The molecule has 2 N–H and O–H groups in total. The van der Waals surface area contributed by atoms with Crippen molar-refractivity contribution in [2.75, 3.05) is 0 Å². The summed E-state index contributed by atoms with van der Waals surface area (Å²) in [5, 5.41) is 13.9. The molecule has 3 aliphatic carbocycles. The van der Waals surface area contributed by atoms with Gasteiger partial charge in [-0.2, -0.15) is 0 Å². The highest BCUT2D eigenvalue weighted by Crippen LogP contribution is 2.69. The normalized spacial score (nSPS) is 29.9. The van der Waals surface area contributed by atoms with E-state index in [1.54, 1.807) is 18.2 Å². The first-order chi connectivity index (χ1) is 15.2. The quantitative estimate of drug-likeness (QED) is 0.635. The summed E-state index contributed by atoms with van der Waals surface area (Å²) in [6.45, 7) is 0. The fourth-order valence-electron chi connectivity index (χ4n) is 5.26. The molecule has 6 rings (SSSR count). The first-order valence-corrected chi connectivity index (χ1v) is 10.6. The second kappa shape index (κ2) is 7.45. The molecule has 168 valence electrons. The maximum atomic E-state index is 12.8. The maximum Gasteiger partial charge on any atom is 0.281 e. The summed E-state index contributed by atoms with van der Waals surface area (Å²) in [7, 11) is 0. The second-order valence-electron chi connectivity index (χ2n) is 9.07. The first kappa shape index (κ1) is 21.2. The Kier molecular flexibility index (Phi) is 4.94. The predicted molar refractivity (Wildman–Crippen MR) is 109 cm³/mol. The number of hydrogen-bond donors (Lipinski definition) is 2. The Morgan fingerprint density at radius 2 is 2.00 bits per heavy atom. The van der Waals surface area contributed by atoms with Crippen LogP contribution in [0.15, 0.2) is 30.6 Å². The number of carbonyl (C=O) groups is 2. The minimum atomic E-state index is -2.73. The van der Waals surface area contributed by atoms with Gasteiger partial charge in [-0.25, -0.2) is 13.8 Å². The molecule has 7 nitrogen and oxygen atoms in total. The number of nitrogens with zero attached hydrogens (tertiary/aromatic N) is 2. The number of ketones is 1. The van der Waals surface area contributed by atoms with E-state index in [-0.39, 0.29) is 41.2 Å². The number of ether oxygens (including phenoxy) is 1. The number of hydrogen-bond acceptors (Lipinski definition) is 6. The van der Waals surface area contributed by atoms with Gasteiger partial charge in [0.25, 0.3) is 12.3 Å². The molecule has 0 spiro atoms. The summed E-state index contributed by atoms with van der Waals surface area (Å²) in [6, 6.07) is 4.91. The summed E-state index contributed by atoms with van der Waals surface area (Å²) in [4.78, 5) is 32.6. The molecule has 10 heteroatoms. The molecule has 0 saturated heterocycles. The Hall–Kier alpha value is -2.65. The van der Waals surface area contributed by atoms with E-state index in [4.69, 9.17) is 16.3 Å². The van der Waals surface area contributed by atoms with Crippen molar-refractivity contribution in [2.45, 2.75) is 56.3 Å². The molecular formula is C22H20ClF2N3O4. The Labute approximate surface area is 187 Å². The van der Waals surface area contributed by atoms with E-state index in [2.05, 4.69) is 15.3 Å². The van der Waals surface area contributed by atoms with Crippen molar-refractivity contribution in [3.63, 3.8) is 0 Å². The maximum absolute atomic E-state index is 12.8. The van der Waals surface area contributed by atoms with Gasteiger partial charge in [-0.05, 0) is 42.9 Å². The third-order valence-corrected chi connectivity index (χ3v) is 6.81. The Morgan fingerprint density at radius 1 is 1.25 bits per heavy atom. The number of alkyl halides is 2. The van der Waals surface area contributed by atoms with E-state index in [9.17, 15) is 23.5 Å². The number of amides is 1. The number of benzene rings is 1. The predicted octanol–water partition coefficient (Wildman–Crippen LogP) is 3.56. The van der Waals surface area contributed by atoms with Gasteiger partial charge < -0.3 is 15.2 Å². The van der Waals surface area contributed by atoms with Crippen LogP contribution < -0.4 is 10.1 Å². The van der Waals surface area contributed by atoms with Crippen LogP contribution in [-0.2, 0) is 4.79 Å². The summed E-state index contributed by atoms with van der Waals surface area (Å²) < 4.78 is 30.9. The Balaban J connectivity index is 1.15. The number of aromatic nitrogens is 2. The van der Waals surface area contributed by atoms with Crippen LogP contribution in [0.4, 0.5) is 8.78 Å². The highest BCUT2D eigenvalue weighted by Gasteiger charge is 2.68. The first-order valence-electron chi connectivity index (χ1n) is 10.3. The average molecular weight is 464 g/mol. The van der Waals surface area contributed by atoms with E-state index in [1.165, 1.54) is 0 Å². The van der Waals surface area contributed by atoms with Crippen LogP contribution in [0.3, 0.4) is 0 Å². The lowest BCUT2D eigenvalue weighted by Gasteiger charge is -2.70. The van der Waals surface area contributed by atoms with Crippen LogP contribution in [0.25, 0.3) is 0 Å². The van der Waals surface area contributed by atoms with E-state index in [0.717, 1.165) is 12.4 Å². The molecule has 2 heterocycles. The fraction of sp³-hybridized carbons (Fsp3) is 0.455. The van der Waals surface area contributed by atoms with Gasteiger partial charge in [-0.1, -0.05) is 11.6 Å². The van der Waals surface area contributed by atoms with Crippen LogP contribution >= 0.6 is 11.6 Å². The highest BCUT2D eigenvalue weighted by molar-refractivity contribution is 6.30. The fourth-order valence-corrected chi connectivity index (χ4v) is 5.45. The van der Waals surface area contributed by atoms with Gasteiger partial charge in [0.05, 0.1) is 18.5 Å². The molecule has 0 radical (unpaired) electrons. The van der Waals surface area contributed by atoms with Crippen molar-refractivity contribution < 1.29 is 28.2 Å². The second-order valence-corrected chi connectivity index (χ2v) is 9.50. The molecule has 32 heavy (non-hydrogen) atoms. The molecule has 1 aliphatic heterocycles. The number of rotatable bonds is 6. The molecule has 3 fully saturated rings. The van der Waals surface area contributed by atoms with Crippen LogP contribution in [0.1, 0.15) is 66.4 Å². The highest BCUT2D eigenvalue weighted by atomic mass is 35.5. The molecule has 1 aromatic heterocycles. The molecule has 2 atom stereocenters. The zero-order valence-electron chi connectivity index (χ0n) is 16.9. The molecule has 3 saturated carbocycles. The van der Waals surface area contributed by atoms with Gasteiger partial charge >= 0.3 is 0 Å². The standard InChI is InChI=1S/C22H20ClF2N3O4/c23-11-1-2-17-12(3-11)15(29)4-18(32-17)20(31)28-22-8-21(9-22,10-22)5-16(30)13-6-27-14(7-26-13)19(24)25/h1-3,6-7,15,18-19,29H,4-5,8-10H2,(H,28,31). The van der Waals surface area contributed by atoms with Gasteiger partial charge in [0.2, 0.25) is 0 Å². The molecule has 2 aromatic rings. The number of Topliss-reactive ketones (excluding diaryl/α,β-unsaturated/α-hetero) is 1. The lowest BCUT2D eigenvalue weighted by Crippen LogP contribution is -2.75. The Morgan fingerprint density at radius 3 is 2.66 bits per heavy atom. The molecule has 2 unspecified atom stereocenters. The number of carbonyl (C=O) groups excluding carboxylic acids is 2. The topological polar surface area (TPSA) is 101 Å². The number of nitrogens with one attached hydrogen (secondary N) is 1. The zero-order chi connectivity index (χ0) is 22.7. The zero-order valence-corrected chi connectivity index (χ0v) is 17.6. The smallest absolute Gasteiger partial charge is 0.281 e. The van der Waals surface area contributed by atoms with E-state index in [0.29, 0.717) is 35.6 Å². The molecular weight excluding hydrogens is 444 g/mol. The lowest BCUT2D eigenvalue weighted by molar-refractivity contribution is -0.168. The number of fused-ring (bicyclic) bond motifs is 1.